The molecule has 1 aromatic heterocycles. The van der Waals surface area contributed by atoms with E-state index >= 15 is 0 Å². The number of nitrogens with one attached hydrogen (secondary N) is 1. The molecule has 0 saturated heterocycles. The second-order valence-electron chi connectivity index (χ2n) is 7.37. The van der Waals surface area contributed by atoms with Gasteiger partial charge in [-0.1, -0.05) is 6.07 Å². The minimum absolute atomic E-state index is 0.104. The van der Waals surface area contributed by atoms with Crippen LogP contribution in [0.5, 0.6) is 17.2 Å². The van der Waals surface area contributed by atoms with Crippen molar-refractivity contribution in [3.8, 4) is 28.5 Å². The van der Waals surface area contributed by atoms with E-state index in [4.69, 9.17) is 25.1 Å². The van der Waals surface area contributed by atoms with E-state index in [1.165, 1.54) is 6.20 Å². The Balaban J connectivity index is 1.55. The second kappa shape index (κ2) is 9.43. The Hall–Kier alpha value is -4.34. The highest BCUT2D eigenvalue weighted by Crippen LogP contribution is 2.33. The number of rotatable bonds is 7. The molecule has 0 radical (unpaired) electrons. The number of carboxylic acid groups (broad SMARTS) is 1. The van der Waals surface area contributed by atoms with E-state index in [1.807, 2.05) is 12.1 Å². The van der Waals surface area contributed by atoms with Gasteiger partial charge < -0.3 is 30.4 Å². The lowest BCUT2D eigenvalue weighted by atomic mass is 9.95. The summed E-state index contributed by atoms with van der Waals surface area (Å²) in [6.45, 7) is -0.354. The molecular formula is C23H22N4O6. The number of aliphatic carboxylic acids is 1. The number of anilines is 2. The molecule has 0 fully saturated rings. The summed E-state index contributed by atoms with van der Waals surface area (Å²) in [5.74, 6) is -0.162. The lowest BCUT2D eigenvalue weighted by Gasteiger charge is -2.25. The number of nitrogens with two attached hydrogens (primary N) is 1. The minimum atomic E-state index is -1.14. The van der Waals surface area contributed by atoms with Crippen LogP contribution in [0.2, 0.25) is 0 Å². The van der Waals surface area contributed by atoms with Gasteiger partial charge in [-0.25, -0.2) is 14.8 Å². The lowest BCUT2D eigenvalue weighted by molar-refractivity contribution is -0.139. The Bertz CT molecular complexity index is 1200. The number of carbonyl (C=O) groups excluding carboxylic acids is 1. The molecule has 1 aliphatic rings. The molecule has 0 spiro atoms. The summed E-state index contributed by atoms with van der Waals surface area (Å²) in [6, 6.07) is 12.1. The standard InChI is InChI=1S/C23H22N4O6/c1-31-16-3-5-19-14(9-16)8-15(11-32-19)22(30)26-18-4-2-13(10-20(18)33-12-21(28)29)17-6-7-25-23(24)27-17/h2-7,9-10,15H,8,11-12H2,1H3,(H,26,30)(H,28,29)(H2,24,25,27). The number of hydrogen-bond acceptors (Lipinski definition) is 8. The van der Waals surface area contributed by atoms with Crippen LogP contribution in [-0.4, -0.2) is 47.3 Å². The van der Waals surface area contributed by atoms with E-state index < -0.39 is 18.5 Å². The minimum Gasteiger partial charge on any atom is -0.497 e. The van der Waals surface area contributed by atoms with Gasteiger partial charge in [-0.3, -0.25) is 4.79 Å². The zero-order valence-corrected chi connectivity index (χ0v) is 17.8. The molecule has 1 aliphatic heterocycles. The van der Waals surface area contributed by atoms with Crippen molar-refractivity contribution in [3.63, 3.8) is 0 Å². The van der Waals surface area contributed by atoms with Crippen molar-refractivity contribution >= 4 is 23.5 Å². The van der Waals surface area contributed by atoms with Gasteiger partial charge in [0.15, 0.2) is 6.61 Å². The number of methoxy groups -OCH3 is 1. The first-order valence-electron chi connectivity index (χ1n) is 10.1. The Morgan fingerprint density at radius 1 is 1.24 bits per heavy atom. The number of carboxylic acids is 1. The van der Waals surface area contributed by atoms with Crippen molar-refractivity contribution in [2.45, 2.75) is 6.42 Å². The number of nitrogens with zero attached hydrogens (tertiary/aromatic N) is 2. The molecule has 10 nitrogen and oxygen atoms in total. The normalized spacial score (nSPS) is 14.5. The van der Waals surface area contributed by atoms with Crippen LogP contribution in [0.4, 0.5) is 11.6 Å². The van der Waals surface area contributed by atoms with Crippen molar-refractivity contribution in [1.82, 2.24) is 9.97 Å². The molecule has 0 bridgehead atoms. The second-order valence-corrected chi connectivity index (χ2v) is 7.37. The van der Waals surface area contributed by atoms with Crippen molar-refractivity contribution < 1.29 is 28.9 Å². The van der Waals surface area contributed by atoms with Gasteiger partial charge in [0, 0.05) is 11.8 Å². The van der Waals surface area contributed by atoms with Crippen LogP contribution in [-0.2, 0) is 16.0 Å². The van der Waals surface area contributed by atoms with Gasteiger partial charge in [-0.15, -0.1) is 0 Å². The fraction of sp³-hybridized carbons (Fsp3) is 0.217. The van der Waals surface area contributed by atoms with E-state index in [0.717, 1.165) is 11.3 Å². The van der Waals surface area contributed by atoms with Crippen LogP contribution >= 0.6 is 0 Å². The van der Waals surface area contributed by atoms with Crippen molar-refractivity contribution in [2.75, 3.05) is 31.4 Å². The number of amides is 1. The Kier molecular flexibility index (Phi) is 6.25. The van der Waals surface area contributed by atoms with Gasteiger partial charge in [0.05, 0.1) is 24.4 Å². The van der Waals surface area contributed by atoms with Gasteiger partial charge in [-0.2, -0.15) is 0 Å². The monoisotopic (exact) mass is 450 g/mol. The molecular weight excluding hydrogens is 428 g/mol. The molecule has 3 aromatic rings. The number of aromatic nitrogens is 2. The fourth-order valence-electron chi connectivity index (χ4n) is 3.48. The summed E-state index contributed by atoms with van der Waals surface area (Å²) >= 11 is 0. The van der Waals surface area contributed by atoms with E-state index in [1.54, 1.807) is 37.4 Å². The Labute approximate surface area is 189 Å². The van der Waals surface area contributed by atoms with E-state index in [9.17, 15) is 9.59 Å². The Morgan fingerprint density at radius 3 is 2.85 bits per heavy atom. The number of hydrogen-bond donors (Lipinski definition) is 3. The van der Waals surface area contributed by atoms with Gasteiger partial charge >= 0.3 is 5.97 Å². The maximum atomic E-state index is 13.0. The molecule has 2 aromatic carbocycles. The number of ether oxygens (including phenoxy) is 3. The first-order chi connectivity index (χ1) is 15.9. The van der Waals surface area contributed by atoms with Crippen LogP contribution in [0.25, 0.3) is 11.3 Å². The van der Waals surface area contributed by atoms with Gasteiger partial charge in [0.1, 0.15) is 23.9 Å². The summed E-state index contributed by atoms with van der Waals surface area (Å²) in [5, 5.41) is 11.9. The summed E-state index contributed by atoms with van der Waals surface area (Å²) in [5.41, 5.74) is 8.03. The highest BCUT2D eigenvalue weighted by Gasteiger charge is 2.27. The Morgan fingerprint density at radius 2 is 2.09 bits per heavy atom. The summed E-state index contributed by atoms with van der Waals surface area (Å²) < 4.78 is 16.4. The molecule has 33 heavy (non-hydrogen) atoms. The van der Waals surface area contributed by atoms with Crippen molar-refractivity contribution in [2.24, 2.45) is 5.92 Å². The quantitative estimate of drug-likeness (QED) is 0.494. The number of benzene rings is 2. The highest BCUT2D eigenvalue weighted by atomic mass is 16.5. The predicted molar refractivity (Wildman–Crippen MR) is 119 cm³/mol. The van der Waals surface area contributed by atoms with Crippen LogP contribution in [0.3, 0.4) is 0 Å². The predicted octanol–water partition coefficient (Wildman–Crippen LogP) is 2.39. The lowest BCUT2D eigenvalue weighted by Crippen LogP contribution is -2.32. The molecule has 2 heterocycles. The average Bonchev–Trinajstić information content (AvgIpc) is 2.82. The van der Waals surface area contributed by atoms with E-state index in [2.05, 4.69) is 15.3 Å². The molecule has 4 rings (SSSR count). The highest BCUT2D eigenvalue weighted by molar-refractivity contribution is 5.95. The first-order valence-corrected chi connectivity index (χ1v) is 10.1. The zero-order chi connectivity index (χ0) is 23.4. The summed E-state index contributed by atoms with van der Waals surface area (Å²) in [6.07, 6.45) is 1.99. The number of carbonyl (C=O) groups is 2. The molecule has 1 unspecified atom stereocenters. The molecule has 4 N–H and O–H groups in total. The van der Waals surface area contributed by atoms with Crippen molar-refractivity contribution in [3.05, 3.63) is 54.2 Å². The third kappa shape index (κ3) is 5.12. The smallest absolute Gasteiger partial charge is 0.341 e. The average molecular weight is 450 g/mol. The largest absolute Gasteiger partial charge is 0.497 e. The molecule has 0 aliphatic carbocycles. The summed E-state index contributed by atoms with van der Waals surface area (Å²) in [7, 11) is 1.58. The molecule has 0 saturated carbocycles. The van der Waals surface area contributed by atoms with Crippen LogP contribution in [0, 0.1) is 5.92 Å². The topological polar surface area (TPSA) is 146 Å². The van der Waals surface area contributed by atoms with Crippen LogP contribution in [0.1, 0.15) is 5.56 Å². The van der Waals surface area contributed by atoms with Crippen LogP contribution in [0.15, 0.2) is 48.7 Å². The van der Waals surface area contributed by atoms with Crippen molar-refractivity contribution in [1.29, 1.82) is 0 Å². The third-order valence-electron chi connectivity index (χ3n) is 5.11. The van der Waals surface area contributed by atoms with Gasteiger partial charge in [0.2, 0.25) is 11.9 Å². The SMILES string of the molecule is COc1ccc2c(c1)CC(C(=O)Nc1ccc(-c3ccnc(N)n3)cc1OCC(=O)O)CO2. The van der Waals surface area contributed by atoms with Gasteiger partial charge in [-0.05, 0) is 48.4 Å². The molecule has 1 amide bonds. The molecule has 10 heteroatoms. The maximum absolute atomic E-state index is 13.0. The summed E-state index contributed by atoms with van der Waals surface area (Å²) in [4.78, 5) is 32.1. The third-order valence-corrected chi connectivity index (χ3v) is 5.11. The van der Waals surface area contributed by atoms with Crippen LogP contribution < -0.4 is 25.3 Å². The molecule has 170 valence electrons. The number of fused-ring (bicyclic) bond motifs is 1. The number of nitrogen functional groups attached to an aromatic ring is 1. The fourth-order valence-corrected chi connectivity index (χ4v) is 3.48. The van der Waals surface area contributed by atoms with E-state index in [0.29, 0.717) is 29.1 Å². The van der Waals surface area contributed by atoms with E-state index in [-0.39, 0.29) is 24.2 Å². The molecule has 1 atom stereocenters. The zero-order valence-electron chi connectivity index (χ0n) is 17.8. The first kappa shape index (κ1) is 21.9. The maximum Gasteiger partial charge on any atom is 0.341 e. The van der Waals surface area contributed by atoms with Gasteiger partial charge in [0.25, 0.3) is 0 Å².